The highest BCUT2D eigenvalue weighted by molar-refractivity contribution is 6.11. The van der Waals surface area contributed by atoms with Crippen molar-refractivity contribution in [1.82, 2.24) is 0 Å². The molecule has 1 N–H and O–H groups in total. The number of ether oxygens (including phenoxy) is 4. The van der Waals surface area contributed by atoms with Crippen LogP contribution in [0.3, 0.4) is 0 Å². The Balaban J connectivity index is 1.66. The van der Waals surface area contributed by atoms with E-state index < -0.39 is 54.9 Å². The van der Waals surface area contributed by atoms with Crippen LogP contribution in [0, 0.1) is 0 Å². The molecule has 8 nitrogen and oxygen atoms in total. The Kier molecular flexibility index (Phi) is 8.15. The zero-order chi connectivity index (χ0) is 25.5. The van der Waals surface area contributed by atoms with E-state index in [1.807, 2.05) is 0 Å². The Labute approximate surface area is 209 Å². The van der Waals surface area contributed by atoms with Crippen molar-refractivity contribution in [1.29, 1.82) is 0 Å². The third-order valence-electron chi connectivity index (χ3n) is 5.61. The van der Waals surface area contributed by atoms with Gasteiger partial charge in [0.25, 0.3) is 0 Å². The zero-order valence-corrected chi connectivity index (χ0v) is 19.1. The lowest BCUT2D eigenvalue weighted by Crippen LogP contribution is -2.62. The number of carbonyl (C=O) groups excluding carboxylic acids is 3. The highest BCUT2D eigenvalue weighted by Crippen LogP contribution is 2.29. The quantitative estimate of drug-likeness (QED) is 0.309. The van der Waals surface area contributed by atoms with Crippen molar-refractivity contribution < 1.29 is 38.4 Å². The molecule has 9 heteroatoms. The number of carbonyl (C=O) groups is 3. The van der Waals surface area contributed by atoms with E-state index in [0.29, 0.717) is 0 Å². The number of aliphatic hydroxyl groups excluding tert-OH is 1. The summed E-state index contributed by atoms with van der Waals surface area (Å²) in [5.74, 6) is -2.24. The van der Waals surface area contributed by atoms with Crippen molar-refractivity contribution in [2.75, 3.05) is 6.61 Å². The molecule has 1 heterocycles. The lowest BCUT2D eigenvalue weighted by molar-refractivity contribution is -0.209. The molecule has 5 atom stereocenters. The van der Waals surface area contributed by atoms with Crippen LogP contribution in [0.4, 0.5) is 0 Å². The van der Waals surface area contributed by atoms with E-state index in [1.165, 1.54) is 0 Å². The summed E-state index contributed by atoms with van der Waals surface area (Å²) in [5, 5.41) is 9.96. The fourth-order valence-electron chi connectivity index (χ4n) is 3.80. The molecule has 0 spiro atoms. The third-order valence-corrected chi connectivity index (χ3v) is 5.61. The van der Waals surface area contributed by atoms with Gasteiger partial charge >= 0.3 is 17.9 Å². The molecule has 0 saturated carbocycles. The van der Waals surface area contributed by atoms with Crippen molar-refractivity contribution in [2.45, 2.75) is 30.4 Å². The molecule has 0 bridgehead atoms. The molecule has 0 aromatic heterocycles. The smallest absolute Gasteiger partial charge is 0.338 e. The second kappa shape index (κ2) is 11.7. The van der Waals surface area contributed by atoms with Gasteiger partial charge in [0.15, 0.2) is 18.3 Å². The second-order valence-corrected chi connectivity index (χ2v) is 8.03. The van der Waals surface area contributed by atoms with E-state index in [-0.39, 0.29) is 16.7 Å². The zero-order valence-electron chi connectivity index (χ0n) is 19.1. The lowest BCUT2D eigenvalue weighted by atomic mass is 9.84. The number of esters is 3. The molecule has 1 aliphatic rings. The van der Waals surface area contributed by atoms with Gasteiger partial charge in [0.2, 0.25) is 0 Å². The Bertz CT molecular complexity index is 1170. The Hall–Kier alpha value is -3.95. The molecule has 0 amide bonds. The summed E-state index contributed by atoms with van der Waals surface area (Å²) in [6, 6.07) is 23.1. The Morgan fingerprint density at radius 2 is 1.00 bits per heavy atom. The number of aliphatic hydroxyl groups is 1. The van der Waals surface area contributed by atoms with Gasteiger partial charge in [-0.3, -0.25) is 0 Å². The van der Waals surface area contributed by atoms with Crippen molar-refractivity contribution in [2.24, 2.45) is 0 Å². The van der Waals surface area contributed by atoms with Crippen LogP contribution in [0.5, 0.6) is 0 Å². The van der Waals surface area contributed by atoms with Crippen LogP contribution in [-0.2, 0) is 18.9 Å². The topological polar surface area (TPSA) is 108 Å². The molecule has 4 rings (SSSR count). The maximum Gasteiger partial charge on any atom is 0.338 e. The average molecular weight is 486 g/mol. The van der Waals surface area contributed by atoms with E-state index in [0.717, 1.165) is 0 Å². The van der Waals surface area contributed by atoms with Crippen molar-refractivity contribution in [3.63, 3.8) is 0 Å². The van der Waals surface area contributed by atoms with Crippen LogP contribution in [-0.4, -0.2) is 67.9 Å². The van der Waals surface area contributed by atoms with E-state index in [1.54, 1.807) is 91.0 Å². The van der Waals surface area contributed by atoms with Gasteiger partial charge in [-0.25, -0.2) is 14.4 Å². The summed E-state index contributed by atoms with van der Waals surface area (Å²) in [6.07, 6.45) is -5.20. The van der Waals surface area contributed by atoms with E-state index >= 15 is 0 Å². The molecule has 2 radical (unpaired) electrons. The summed E-state index contributed by atoms with van der Waals surface area (Å²) in [5.41, 5.74) is 0.689. The van der Waals surface area contributed by atoms with Crippen molar-refractivity contribution >= 4 is 25.8 Å². The van der Waals surface area contributed by atoms with Gasteiger partial charge in [-0.1, -0.05) is 54.6 Å². The van der Waals surface area contributed by atoms with Crippen molar-refractivity contribution in [3.05, 3.63) is 108 Å². The highest BCUT2D eigenvalue weighted by atomic mass is 16.6. The molecule has 3 aromatic carbocycles. The van der Waals surface area contributed by atoms with Crippen molar-refractivity contribution in [3.8, 4) is 0 Å². The SMILES string of the molecule is [B][C@H]1OC(CO)[C@@H](OC(=O)c2ccccc2)C(OC(=O)c2ccccc2)C1OC(=O)c1ccccc1. The van der Waals surface area contributed by atoms with Crippen LogP contribution in [0.25, 0.3) is 0 Å². The van der Waals surface area contributed by atoms with Gasteiger partial charge in [-0.05, 0) is 36.4 Å². The molecular weight excluding hydrogens is 463 g/mol. The molecule has 1 aliphatic heterocycles. The van der Waals surface area contributed by atoms with Crippen LogP contribution >= 0.6 is 0 Å². The fourth-order valence-corrected chi connectivity index (χ4v) is 3.80. The Morgan fingerprint density at radius 3 is 1.39 bits per heavy atom. The monoisotopic (exact) mass is 486 g/mol. The van der Waals surface area contributed by atoms with Gasteiger partial charge < -0.3 is 24.1 Å². The van der Waals surface area contributed by atoms with Crippen LogP contribution in [0.2, 0.25) is 0 Å². The van der Waals surface area contributed by atoms with Gasteiger partial charge in [-0.2, -0.15) is 0 Å². The van der Waals surface area contributed by atoms with Crippen LogP contribution in [0.15, 0.2) is 91.0 Å². The molecule has 1 fully saturated rings. The molecule has 0 aliphatic carbocycles. The average Bonchev–Trinajstić information content (AvgIpc) is 2.93. The normalized spacial score (nSPS) is 23.3. The second-order valence-electron chi connectivity index (χ2n) is 8.03. The maximum atomic E-state index is 13.0. The first-order chi connectivity index (χ1) is 17.5. The maximum absolute atomic E-state index is 13.0. The minimum absolute atomic E-state index is 0.222. The van der Waals surface area contributed by atoms with Gasteiger partial charge in [0.05, 0.1) is 29.3 Å². The molecule has 36 heavy (non-hydrogen) atoms. The molecule has 1 saturated heterocycles. The lowest BCUT2D eigenvalue weighted by Gasteiger charge is -2.44. The van der Waals surface area contributed by atoms with Gasteiger partial charge in [-0.15, -0.1) is 0 Å². The summed E-state index contributed by atoms with van der Waals surface area (Å²) >= 11 is 0. The molecule has 3 aromatic rings. The number of hydrogen-bond donors (Lipinski definition) is 1. The molecule has 182 valence electrons. The van der Waals surface area contributed by atoms with Crippen LogP contribution in [0.1, 0.15) is 31.1 Å². The summed E-state index contributed by atoms with van der Waals surface area (Å²) < 4.78 is 22.6. The Morgan fingerprint density at radius 1 is 0.639 bits per heavy atom. The van der Waals surface area contributed by atoms with Gasteiger partial charge in [0, 0.05) is 0 Å². The minimum atomic E-state index is -1.38. The first-order valence-electron chi connectivity index (χ1n) is 11.3. The predicted octanol–water partition coefficient (Wildman–Crippen LogP) is 2.55. The summed E-state index contributed by atoms with van der Waals surface area (Å²) in [7, 11) is 6.14. The third kappa shape index (κ3) is 5.81. The fraction of sp³-hybridized carbons (Fsp3) is 0.222. The highest BCUT2D eigenvalue weighted by Gasteiger charge is 2.50. The molecular formula is C27H23BO8. The van der Waals surface area contributed by atoms with E-state index in [9.17, 15) is 19.5 Å². The minimum Gasteiger partial charge on any atom is -0.453 e. The van der Waals surface area contributed by atoms with E-state index in [4.69, 9.17) is 26.8 Å². The number of benzene rings is 3. The molecule has 3 unspecified atom stereocenters. The summed E-state index contributed by atoms with van der Waals surface area (Å²) in [4.78, 5) is 38.7. The predicted molar refractivity (Wildman–Crippen MR) is 128 cm³/mol. The van der Waals surface area contributed by atoms with Gasteiger partial charge in [0.1, 0.15) is 14.0 Å². The van der Waals surface area contributed by atoms with E-state index in [2.05, 4.69) is 0 Å². The number of hydrogen-bond acceptors (Lipinski definition) is 8. The first kappa shape index (κ1) is 25.2. The standard InChI is InChI=1S/C27H23BO8/c28-24-23(36-27(32)19-14-8-3-9-15-19)22(35-26(31)18-12-6-2-7-13-18)21(20(16-29)33-24)34-25(30)17-10-4-1-5-11-17/h1-15,20-24,29H,16H2/t20?,21-,22?,23?,24+/m1/s1. The number of rotatable bonds is 7. The largest absolute Gasteiger partial charge is 0.453 e. The first-order valence-corrected chi connectivity index (χ1v) is 11.3. The summed E-state index contributed by atoms with van der Waals surface area (Å²) in [6.45, 7) is -0.598. The van der Waals surface area contributed by atoms with Crippen LogP contribution < -0.4 is 0 Å².